The Morgan fingerprint density at radius 3 is 1.30 bits per heavy atom. The minimum absolute atomic E-state index is 0.488. The van der Waals surface area contributed by atoms with Crippen LogP contribution in [-0.4, -0.2) is 48.3 Å². The van der Waals surface area contributed by atoms with Gasteiger partial charge in [0.25, 0.3) is 0 Å². The highest BCUT2D eigenvalue weighted by atomic mass is 16.3. The summed E-state index contributed by atoms with van der Waals surface area (Å²) < 4.78 is 14.6. The third-order valence-corrected chi connectivity index (χ3v) is 22.9. The van der Waals surface area contributed by atoms with E-state index in [2.05, 4.69) is 268 Å². The van der Waals surface area contributed by atoms with E-state index in [0.717, 1.165) is 144 Å². The van der Waals surface area contributed by atoms with Crippen LogP contribution < -0.4 is 0 Å². The number of benzene rings is 15. The Hall–Kier alpha value is -15.3. The van der Waals surface area contributed by atoms with Crippen molar-refractivity contribution in [2.75, 3.05) is 0 Å². The van der Waals surface area contributed by atoms with Crippen LogP contribution in [0.15, 0.2) is 356 Å². The minimum atomic E-state index is 0.488. The Labute approximate surface area is 639 Å². The lowest BCUT2D eigenvalue weighted by molar-refractivity contribution is 0.670. The van der Waals surface area contributed by atoms with Crippen molar-refractivity contribution >= 4 is 120 Å². The van der Waals surface area contributed by atoms with Crippen LogP contribution in [0.25, 0.3) is 239 Å². The maximum Gasteiger partial charge on any atom is 0.167 e. The third-order valence-electron chi connectivity index (χ3n) is 22.9. The lowest BCUT2D eigenvalue weighted by atomic mass is 9.94. The predicted molar refractivity (Wildman–Crippen MR) is 456 cm³/mol. The van der Waals surface area contributed by atoms with Crippen LogP contribution in [0.4, 0.5) is 0 Å². The molecule has 0 aliphatic heterocycles. The van der Waals surface area contributed by atoms with Gasteiger partial charge in [0.15, 0.2) is 34.9 Å². The summed E-state index contributed by atoms with van der Waals surface area (Å²) in [5.41, 5.74) is 25.0. The summed E-state index contributed by atoms with van der Waals surface area (Å²) >= 11 is 0. The highest BCUT2D eigenvalue weighted by Gasteiger charge is 2.30. The number of hydrogen-bond donors (Lipinski definition) is 0. The van der Waals surface area contributed by atoms with Gasteiger partial charge in [-0.15, -0.1) is 0 Å². The van der Waals surface area contributed by atoms with Crippen molar-refractivity contribution in [3.05, 3.63) is 352 Å². The van der Waals surface area contributed by atoms with E-state index in [1.165, 1.54) is 54.5 Å². The van der Waals surface area contributed by atoms with Crippen LogP contribution in [0.3, 0.4) is 0 Å². The number of hydrogen-bond acceptors (Lipinski definition) is 8. The molecular formula is C101H58N10O. The molecule has 0 fully saturated rings. The first-order valence-corrected chi connectivity index (χ1v) is 37.8. The number of para-hydroxylation sites is 4. The molecule has 0 spiro atoms. The highest BCUT2D eigenvalue weighted by Crippen LogP contribution is 2.51. The van der Waals surface area contributed by atoms with Gasteiger partial charge in [-0.2, -0.15) is 0 Å². The van der Waals surface area contributed by atoms with Crippen LogP contribution >= 0.6 is 0 Å². The Balaban J connectivity index is 0.637. The number of furan rings is 1. The van der Waals surface area contributed by atoms with Crippen LogP contribution in [0.5, 0.6) is 0 Å². The van der Waals surface area contributed by atoms with Crippen LogP contribution in [-0.2, 0) is 0 Å². The van der Waals surface area contributed by atoms with Crippen LogP contribution in [0.2, 0.25) is 0 Å². The molecule has 0 aliphatic rings. The van der Waals surface area contributed by atoms with Gasteiger partial charge in [-0.3, -0.25) is 4.98 Å². The molecule has 0 unspecified atom stereocenters. The van der Waals surface area contributed by atoms with Crippen LogP contribution in [0.1, 0.15) is 0 Å². The zero-order valence-electron chi connectivity index (χ0n) is 59.9. The molecule has 0 bridgehead atoms. The van der Waals surface area contributed by atoms with E-state index in [4.69, 9.17) is 39.3 Å². The third kappa shape index (κ3) is 9.19. The van der Waals surface area contributed by atoms with E-state index in [9.17, 15) is 0 Å². The summed E-state index contributed by atoms with van der Waals surface area (Å²) in [5, 5.41) is 13.5. The molecule has 0 atom stereocenters. The molecule has 0 saturated carbocycles. The number of aromatic nitrogens is 10. The second kappa shape index (κ2) is 24.1. The molecule has 24 aromatic rings. The average molecular weight is 1430 g/mol. The standard InChI is InChI=1S/C101H58N10O/c1-6-24-59(25-7-1)70-51-54-84-90-87(70)76-39-22-38-74-71-36-18-20-40-81(71)111(92(74)76)85-55-52-75(94(91(85)90)109(84)67-32-14-5-15-33-67)80-53-48-65(58-102-80)69-35-17-16-34-68(69)60-44-46-64(47-45-60)99-104-98(63-30-12-4-13-31-63)107-101(108-99)77-50-49-73-79-57-66(100-105-96(61-26-8-2-9-27-61)103-97(106-100)62-28-10-3-11-29-62)56-78-72-37-19-21-41-82(72)110(93(78)79)83-42-23-43-86-89(83)88(73)95(77)112-86/h1-58H. The maximum atomic E-state index is 7.23. The minimum Gasteiger partial charge on any atom is -0.455 e. The fourth-order valence-electron chi connectivity index (χ4n) is 18.0. The Kier molecular flexibility index (Phi) is 13.3. The zero-order chi connectivity index (χ0) is 73.2. The molecule has 11 heteroatoms. The fraction of sp³-hybridized carbons (Fsp3) is 0. The van der Waals surface area contributed by atoms with Crippen molar-refractivity contribution in [3.63, 3.8) is 0 Å². The van der Waals surface area contributed by atoms with Gasteiger partial charge in [0.2, 0.25) is 0 Å². The topological polar surface area (TPSA) is 117 Å². The molecular weight excluding hydrogens is 1370 g/mol. The van der Waals surface area contributed by atoms with E-state index in [0.29, 0.717) is 40.5 Å². The van der Waals surface area contributed by atoms with Gasteiger partial charge in [0, 0.05) is 105 Å². The smallest absolute Gasteiger partial charge is 0.167 e. The molecule has 518 valence electrons. The summed E-state index contributed by atoms with van der Waals surface area (Å²) in [5.74, 6) is 3.33. The van der Waals surface area contributed by atoms with Crippen molar-refractivity contribution in [1.82, 2.24) is 48.3 Å². The number of rotatable bonds is 11. The number of fused-ring (bicyclic) bond motifs is 10. The molecule has 112 heavy (non-hydrogen) atoms. The lowest BCUT2D eigenvalue weighted by Gasteiger charge is -2.14. The van der Waals surface area contributed by atoms with Crippen LogP contribution in [0, 0.1) is 0 Å². The first-order valence-electron chi connectivity index (χ1n) is 37.8. The van der Waals surface area contributed by atoms with Gasteiger partial charge >= 0.3 is 0 Å². The highest BCUT2D eigenvalue weighted by molar-refractivity contribution is 6.36. The lowest BCUT2D eigenvalue weighted by Crippen LogP contribution is -2.00. The summed E-state index contributed by atoms with van der Waals surface area (Å²) in [6.07, 6.45) is 2.04. The summed E-state index contributed by atoms with van der Waals surface area (Å²) in [4.78, 5) is 37.1. The van der Waals surface area contributed by atoms with E-state index in [-0.39, 0.29) is 0 Å². The normalized spacial score (nSPS) is 12.1. The van der Waals surface area contributed by atoms with Gasteiger partial charge in [0.1, 0.15) is 11.2 Å². The molecule has 9 heterocycles. The molecule has 0 N–H and O–H groups in total. The van der Waals surface area contributed by atoms with Gasteiger partial charge in [0.05, 0.1) is 60.8 Å². The van der Waals surface area contributed by atoms with Crippen molar-refractivity contribution in [2.24, 2.45) is 0 Å². The van der Waals surface area contributed by atoms with Crippen molar-refractivity contribution in [3.8, 4) is 119 Å². The molecule has 0 aliphatic carbocycles. The fourth-order valence-corrected chi connectivity index (χ4v) is 18.0. The molecule has 9 aromatic heterocycles. The number of nitrogens with zero attached hydrogens (tertiary/aromatic N) is 10. The number of pyridine rings is 1. The van der Waals surface area contributed by atoms with E-state index < -0.39 is 0 Å². The first-order chi connectivity index (χ1) is 55.6. The molecule has 24 rings (SSSR count). The Bertz CT molecular complexity index is 7890. The summed E-state index contributed by atoms with van der Waals surface area (Å²) in [6, 6.07) is 123. The monoisotopic (exact) mass is 1430 g/mol. The quantitative estimate of drug-likeness (QED) is 0.126. The molecule has 11 nitrogen and oxygen atoms in total. The van der Waals surface area contributed by atoms with Gasteiger partial charge < -0.3 is 17.8 Å². The van der Waals surface area contributed by atoms with E-state index in [1.807, 2.05) is 97.2 Å². The van der Waals surface area contributed by atoms with Crippen molar-refractivity contribution in [2.45, 2.75) is 0 Å². The second-order valence-electron chi connectivity index (χ2n) is 29.0. The maximum absolute atomic E-state index is 7.23. The Morgan fingerprint density at radius 1 is 0.223 bits per heavy atom. The molecule has 0 radical (unpaired) electrons. The van der Waals surface area contributed by atoms with Gasteiger partial charge in [-0.25, -0.2) is 29.9 Å². The van der Waals surface area contributed by atoms with Gasteiger partial charge in [-0.1, -0.05) is 267 Å². The first kappa shape index (κ1) is 61.8. The molecule has 0 saturated heterocycles. The molecule has 0 amide bonds. The molecule has 15 aromatic carbocycles. The zero-order valence-corrected chi connectivity index (χ0v) is 59.9. The second-order valence-corrected chi connectivity index (χ2v) is 29.0. The van der Waals surface area contributed by atoms with E-state index >= 15 is 0 Å². The predicted octanol–water partition coefficient (Wildman–Crippen LogP) is 25.4. The van der Waals surface area contributed by atoms with Crippen molar-refractivity contribution in [1.29, 1.82) is 0 Å². The largest absolute Gasteiger partial charge is 0.455 e. The van der Waals surface area contributed by atoms with Gasteiger partial charge in [-0.05, 0) is 112 Å². The Morgan fingerprint density at radius 2 is 0.670 bits per heavy atom. The summed E-state index contributed by atoms with van der Waals surface area (Å²) in [7, 11) is 0. The van der Waals surface area contributed by atoms with E-state index in [1.54, 1.807) is 0 Å². The average Bonchev–Trinajstić information content (AvgIpc) is 1.51. The SMILES string of the molecule is c1ccc(-c2nc(-c3ccccc3)nc(-c3cc4c5ccc(-c6nc(-c7ccccc7)nc(-c7ccc(-c8ccccc8-c8ccc(-c9ccc%10c%11c%12c(c(-c%13ccccc%13)ccc%12n(-c%12ccccc%12)c9%11)c9cccc%11c%12ccccc%12n%10c%119)nc8)cc7)n6)c6oc7cccc(c7c65)n5c6ccccc6c(c3)c45)n2)cc1. The summed E-state index contributed by atoms with van der Waals surface area (Å²) in [6.45, 7) is 0. The van der Waals surface area contributed by atoms with Crippen molar-refractivity contribution < 1.29 is 4.42 Å².